The van der Waals surface area contributed by atoms with E-state index in [9.17, 15) is 9.59 Å². The second kappa shape index (κ2) is 7.94. The summed E-state index contributed by atoms with van der Waals surface area (Å²) < 4.78 is 5.76. The molecule has 4 nitrogen and oxygen atoms in total. The summed E-state index contributed by atoms with van der Waals surface area (Å²) >= 11 is 3.44. The van der Waals surface area contributed by atoms with E-state index in [1.54, 1.807) is 18.9 Å². The third kappa shape index (κ3) is 5.42. The molecule has 0 heterocycles. The standard InChI is InChI=1S/C14H18BrNO3/c1-3-19-14(18)9-8-13(17)16(2)10-11-6-4-5-7-12(11)15/h4-7H,3,8-10H2,1-2H3. The van der Waals surface area contributed by atoms with E-state index in [-0.39, 0.29) is 24.7 Å². The highest BCUT2D eigenvalue weighted by atomic mass is 79.9. The number of nitrogens with zero attached hydrogens (tertiary/aromatic N) is 1. The maximum absolute atomic E-state index is 11.9. The van der Waals surface area contributed by atoms with Gasteiger partial charge in [-0.2, -0.15) is 0 Å². The summed E-state index contributed by atoms with van der Waals surface area (Å²) in [7, 11) is 1.73. The second-order valence-electron chi connectivity index (χ2n) is 4.15. The molecule has 19 heavy (non-hydrogen) atoms. The Hall–Kier alpha value is -1.36. The molecule has 0 aliphatic heterocycles. The zero-order chi connectivity index (χ0) is 14.3. The molecule has 0 atom stereocenters. The zero-order valence-electron chi connectivity index (χ0n) is 11.2. The topological polar surface area (TPSA) is 46.6 Å². The van der Waals surface area contributed by atoms with Crippen LogP contribution in [0.25, 0.3) is 0 Å². The first-order valence-corrected chi connectivity index (χ1v) is 6.97. The molecule has 0 N–H and O–H groups in total. The maximum atomic E-state index is 11.9. The van der Waals surface area contributed by atoms with E-state index < -0.39 is 0 Å². The zero-order valence-corrected chi connectivity index (χ0v) is 12.8. The normalized spacial score (nSPS) is 10.1. The van der Waals surface area contributed by atoms with Crippen LogP contribution in [-0.2, 0) is 20.9 Å². The van der Waals surface area contributed by atoms with E-state index in [2.05, 4.69) is 15.9 Å². The van der Waals surface area contributed by atoms with Crippen LogP contribution in [0.3, 0.4) is 0 Å². The molecule has 0 saturated heterocycles. The molecule has 0 saturated carbocycles. The Morgan fingerprint density at radius 1 is 1.26 bits per heavy atom. The number of rotatable bonds is 6. The van der Waals surface area contributed by atoms with Crippen LogP contribution in [-0.4, -0.2) is 30.4 Å². The Kier molecular flexibility index (Phi) is 6.56. The van der Waals surface area contributed by atoms with E-state index in [0.717, 1.165) is 10.0 Å². The lowest BCUT2D eigenvalue weighted by Crippen LogP contribution is -2.26. The van der Waals surface area contributed by atoms with Crippen molar-refractivity contribution in [3.05, 3.63) is 34.3 Å². The molecule has 1 aromatic carbocycles. The third-order valence-corrected chi connectivity index (χ3v) is 3.41. The van der Waals surface area contributed by atoms with Crippen molar-refractivity contribution in [3.63, 3.8) is 0 Å². The van der Waals surface area contributed by atoms with Gasteiger partial charge in [0, 0.05) is 24.5 Å². The van der Waals surface area contributed by atoms with Crippen LogP contribution in [0.15, 0.2) is 28.7 Å². The first kappa shape index (κ1) is 15.7. The molecule has 1 amide bonds. The van der Waals surface area contributed by atoms with Crippen LogP contribution in [0, 0.1) is 0 Å². The van der Waals surface area contributed by atoms with Crippen LogP contribution < -0.4 is 0 Å². The van der Waals surface area contributed by atoms with E-state index >= 15 is 0 Å². The fraction of sp³-hybridized carbons (Fsp3) is 0.429. The minimum absolute atomic E-state index is 0.0659. The van der Waals surface area contributed by atoms with Gasteiger partial charge in [0.05, 0.1) is 13.0 Å². The molecular weight excluding hydrogens is 310 g/mol. The second-order valence-corrected chi connectivity index (χ2v) is 5.00. The van der Waals surface area contributed by atoms with Gasteiger partial charge < -0.3 is 9.64 Å². The Labute approximate surface area is 121 Å². The van der Waals surface area contributed by atoms with Crippen molar-refractivity contribution < 1.29 is 14.3 Å². The largest absolute Gasteiger partial charge is 0.466 e. The SMILES string of the molecule is CCOC(=O)CCC(=O)N(C)Cc1ccccc1Br. The van der Waals surface area contributed by atoms with Crippen LogP contribution in [0.1, 0.15) is 25.3 Å². The van der Waals surface area contributed by atoms with E-state index in [0.29, 0.717) is 13.2 Å². The average Bonchev–Trinajstić information content (AvgIpc) is 2.39. The third-order valence-electron chi connectivity index (χ3n) is 2.64. The van der Waals surface area contributed by atoms with Crippen molar-refractivity contribution in [3.8, 4) is 0 Å². The molecule has 0 aromatic heterocycles. The van der Waals surface area contributed by atoms with Gasteiger partial charge >= 0.3 is 5.97 Å². The van der Waals surface area contributed by atoms with Crippen LogP contribution >= 0.6 is 15.9 Å². The first-order chi connectivity index (χ1) is 9.04. The highest BCUT2D eigenvalue weighted by Crippen LogP contribution is 2.17. The summed E-state index contributed by atoms with van der Waals surface area (Å²) in [5.41, 5.74) is 1.04. The van der Waals surface area contributed by atoms with Crippen molar-refractivity contribution in [2.75, 3.05) is 13.7 Å². The number of amides is 1. The molecule has 0 bridgehead atoms. The fourth-order valence-corrected chi connectivity index (χ4v) is 2.01. The number of halogens is 1. The van der Waals surface area contributed by atoms with Crippen LogP contribution in [0.2, 0.25) is 0 Å². The van der Waals surface area contributed by atoms with Crippen molar-refractivity contribution in [2.24, 2.45) is 0 Å². The summed E-state index contributed by atoms with van der Waals surface area (Å²) in [6.07, 6.45) is 0.312. The Bertz CT molecular complexity index is 448. The van der Waals surface area contributed by atoms with E-state index in [1.807, 2.05) is 24.3 Å². The first-order valence-electron chi connectivity index (χ1n) is 6.17. The van der Waals surface area contributed by atoms with Crippen molar-refractivity contribution in [1.29, 1.82) is 0 Å². The minimum Gasteiger partial charge on any atom is -0.466 e. The predicted octanol–water partition coefficient (Wildman–Crippen LogP) is 2.75. The van der Waals surface area contributed by atoms with Gasteiger partial charge in [-0.3, -0.25) is 9.59 Å². The highest BCUT2D eigenvalue weighted by molar-refractivity contribution is 9.10. The molecule has 0 aliphatic carbocycles. The number of hydrogen-bond donors (Lipinski definition) is 0. The van der Waals surface area contributed by atoms with Gasteiger partial charge in [0.15, 0.2) is 0 Å². The summed E-state index contributed by atoms with van der Waals surface area (Å²) in [4.78, 5) is 24.7. The summed E-state index contributed by atoms with van der Waals surface area (Å²) in [6.45, 7) is 2.61. The number of hydrogen-bond acceptors (Lipinski definition) is 3. The molecule has 0 aliphatic rings. The molecule has 0 unspecified atom stereocenters. The van der Waals surface area contributed by atoms with Gasteiger partial charge in [-0.05, 0) is 18.6 Å². The molecular formula is C14H18BrNO3. The minimum atomic E-state index is -0.329. The number of esters is 1. The monoisotopic (exact) mass is 327 g/mol. The Morgan fingerprint density at radius 2 is 1.95 bits per heavy atom. The van der Waals surface area contributed by atoms with Gasteiger partial charge in [0.1, 0.15) is 0 Å². The lowest BCUT2D eigenvalue weighted by Gasteiger charge is -2.17. The van der Waals surface area contributed by atoms with Gasteiger partial charge in [-0.1, -0.05) is 34.1 Å². The smallest absolute Gasteiger partial charge is 0.306 e. The van der Waals surface area contributed by atoms with Gasteiger partial charge in [-0.25, -0.2) is 0 Å². The number of ether oxygens (including phenoxy) is 1. The van der Waals surface area contributed by atoms with Gasteiger partial charge in [0.25, 0.3) is 0 Å². The lowest BCUT2D eigenvalue weighted by atomic mass is 10.2. The van der Waals surface area contributed by atoms with Crippen molar-refractivity contribution in [1.82, 2.24) is 4.90 Å². The summed E-state index contributed by atoms with van der Waals surface area (Å²) in [5.74, 6) is -0.394. The van der Waals surface area contributed by atoms with E-state index in [4.69, 9.17) is 4.74 Å². The van der Waals surface area contributed by atoms with Crippen LogP contribution in [0.4, 0.5) is 0 Å². The number of carbonyl (C=O) groups excluding carboxylic acids is 2. The summed E-state index contributed by atoms with van der Waals surface area (Å²) in [5, 5.41) is 0. The highest BCUT2D eigenvalue weighted by Gasteiger charge is 2.13. The molecule has 0 fully saturated rings. The van der Waals surface area contributed by atoms with Crippen molar-refractivity contribution >= 4 is 27.8 Å². The molecule has 104 valence electrons. The summed E-state index contributed by atoms with van der Waals surface area (Å²) in [6, 6.07) is 7.75. The fourth-order valence-electron chi connectivity index (χ4n) is 1.60. The quantitative estimate of drug-likeness (QED) is 0.755. The molecule has 0 spiro atoms. The van der Waals surface area contributed by atoms with Crippen molar-refractivity contribution in [2.45, 2.75) is 26.3 Å². The number of carbonyl (C=O) groups is 2. The molecule has 0 radical (unpaired) electrons. The van der Waals surface area contributed by atoms with Crippen LogP contribution in [0.5, 0.6) is 0 Å². The predicted molar refractivity (Wildman–Crippen MR) is 76.5 cm³/mol. The Morgan fingerprint density at radius 3 is 2.58 bits per heavy atom. The van der Waals surface area contributed by atoms with Gasteiger partial charge in [-0.15, -0.1) is 0 Å². The molecule has 1 aromatic rings. The van der Waals surface area contributed by atoms with E-state index in [1.165, 1.54) is 0 Å². The number of benzene rings is 1. The average molecular weight is 328 g/mol. The maximum Gasteiger partial charge on any atom is 0.306 e. The lowest BCUT2D eigenvalue weighted by molar-refractivity contribution is -0.145. The van der Waals surface area contributed by atoms with Gasteiger partial charge in [0.2, 0.25) is 5.91 Å². The Balaban J connectivity index is 2.45. The molecule has 5 heteroatoms. The molecule has 1 rings (SSSR count).